The topological polar surface area (TPSA) is 65.4 Å². The number of hydrogen-bond donors (Lipinski definition) is 1. The van der Waals surface area contributed by atoms with E-state index in [9.17, 15) is 4.79 Å². The molecular formula is C21H23N3O2. The van der Waals surface area contributed by atoms with Crippen LogP contribution in [0.25, 0.3) is 0 Å². The summed E-state index contributed by atoms with van der Waals surface area (Å²) in [7, 11) is 0. The zero-order valence-electron chi connectivity index (χ0n) is 14.7. The Hall–Kier alpha value is -2.68. The minimum Gasteiger partial charge on any atom is -0.375 e. The first kappa shape index (κ1) is 18.1. The molecular weight excluding hydrogens is 326 g/mol. The van der Waals surface area contributed by atoms with Gasteiger partial charge >= 0.3 is 0 Å². The maximum absolute atomic E-state index is 12.2. The molecule has 1 N–H and O–H groups in total. The van der Waals surface area contributed by atoms with Gasteiger partial charge in [0, 0.05) is 26.2 Å². The van der Waals surface area contributed by atoms with Crippen molar-refractivity contribution in [3.8, 4) is 6.07 Å². The summed E-state index contributed by atoms with van der Waals surface area (Å²) in [6.07, 6.45) is 0.265. The second kappa shape index (κ2) is 9.14. The van der Waals surface area contributed by atoms with Crippen molar-refractivity contribution in [2.24, 2.45) is 0 Å². The number of hydrogen-bond acceptors (Lipinski definition) is 4. The molecule has 26 heavy (non-hydrogen) atoms. The summed E-state index contributed by atoms with van der Waals surface area (Å²) in [6.45, 7) is 3.59. The number of rotatable bonds is 6. The van der Waals surface area contributed by atoms with Crippen LogP contribution in [0.1, 0.15) is 23.1 Å². The Bertz CT molecular complexity index is 770. The maximum Gasteiger partial charge on any atom is 0.222 e. The number of carbonyl (C=O) groups is 1. The minimum atomic E-state index is -0.0853. The third-order valence-corrected chi connectivity index (χ3v) is 4.43. The molecule has 0 aliphatic carbocycles. The second-order valence-corrected chi connectivity index (χ2v) is 6.51. The average molecular weight is 349 g/mol. The van der Waals surface area contributed by atoms with Crippen molar-refractivity contribution >= 4 is 5.91 Å². The van der Waals surface area contributed by atoms with Crippen LogP contribution in [0.2, 0.25) is 0 Å². The van der Waals surface area contributed by atoms with Crippen molar-refractivity contribution in [1.82, 2.24) is 10.2 Å². The Morgan fingerprint density at radius 3 is 2.81 bits per heavy atom. The minimum absolute atomic E-state index is 0.0288. The van der Waals surface area contributed by atoms with E-state index in [1.165, 1.54) is 5.56 Å². The number of amides is 1. The fourth-order valence-electron chi connectivity index (χ4n) is 3.12. The standard InChI is InChI=1S/C21H23N3O2/c22-13-18-7-4-8-19(11-18)14-23-21(25)12-20-16-24(9-10-26-20)15-17-5-2-1-3-6-17/h1-8,11,20H,9-10,12,14-16H2,(H,23,25)/t20-/m0/s1. The van der Waals surface area contributed by atoms with Gasteiger partial charge in [0.2, 0.25) is 5.91 Å². The van der Waals surface area contributed by atoms with E-state index in [-0.39, 0.29) is 12.0 Å². The van der Waals surface area contributed by atoms with Gasteiger partial charge in [-0.25, -0.2) is 0 Å². The molecule has 3 rings (SSSR count). The third-order valence-electron chi connectivity index (χ3n) is 4.43. The van der Waals surface area contributed by atoms with Crippen molar-refractivity contribution in [2.45, 2.75) is 25.6 Å². The summed E-state index contributed by atoms with van der Waals surface area (Å²) < 4.78 is 5.76. The first-order valence-corrected chi connectivity index (χ1v) is 8.86. The van der Waals surface area contributed by atoms with E-state index in [2.05, 4.69) is 28.4 Å². The lowest BCUT2D eigenvalue weighted by molar-refractivity contribution is -0.126. The van der Waals surface area contributed by atoms with Crippen LogP contribution >= 0.6 is 0 Å². The molecule has 1 aliphatic rings. The highest BCUT2D eigenvalue weighted by Gasteiger charge is 2.22. The quantitative estimate of drug-likeness (QED) is 0.870. The van der Waals surface area contributed by atoms with Gasteiger partial charge in [-0.15, -0.1) is 0 Å². The van der Waals surface area contributed by atoms with Crippen molar-refractivity contribution in [3.05, 3.63) is 71.3 Å². The van der Waals surface area contributed by atoms with E-state index in [4.69, 9.17) is 10.00 Å². The number of nitriles is 1. The number of morpholine rings is 1. The number of ether oxygens (including phenoxy) is 1. The van der Waals surface area contributed by atoms with Gasteiger partial charge in [0.25, 0.3) is 0 Å². The molecule has 0 unspecified atom stereocenters. The van der Waals surface area contributed by atoms with Crippen molar-refractivity contribution in [1.29, 1.82) is 5.26 Å². The predicted molar refractivity (Wildman–Crippen MR) is 99.1 cm³/mol. The van der Waals surface area contributed by atoms with E-state index >= 15 is 0 Å². The summed E-state index contributed by atoms with van der Waals surface area (Å²) in [4.78, 5) is 14.6. The number of benzene rings is 2. The monoisotopic (exact) mass is 349 g/mol. The molecule has 1 atom stereocenters. The van der Waals surface area contributed by atoms with Crippen molar-refractivity contribution in [3.63, 3.8) is 0 Å². The van der Waals surface area contributed by atoms with E-state index in [0.29, 0.717) is 25.1 Å². The number of nitrogens with zero attached hydrogens (tertiary/aromatic N) is 2. The summed E-state index contributed by atoms with van der Waals surface area (Å²) >= 11 is 0. The van der Waals surface area contributed by atoms with Crippen LogP contribution in [-0.2, 0) is 22.6 Å². The van der Waals surface area contributed by atoms with Crippen molar-refractivity contribution in [2.75, 3.05) is 19.7 Å². The summed E-state index contributed by atoms with van der Waals surface area (Å²) in [6, 6.07) is 19.7. The maximum atomic E-state index is 12.2. The molecule has 2 aromatic carbocycles. The lowest BCUT2D eigenvalue weighted by atomic mass is 10.1. The highest BCUT2D eigenvalue weighted by atomic mass is 16.5. The van der Waals surface area contributed by atoms with Crippen LogP contribution in [0.5, 0.6) is 0 Å². The smallest absolute Gasteiger partial charge is 0.222 e. The first-order chi connectivity index (χ1) is 12.7. The van der Waals surface area contributed by atoms with Gasteiger partial charge in [0.05, 0.1) is 30.8 Å². The molecule has 0 bridgehead atoms. The highest BCUT2D eigenvalue weighted by Crippen LogP contribution is 2.13. The fraction of sp³-hybridized carbons (Fsp3) is 0.333. The van der Waals surface area contributed by atoms with Crippen LogP contribution < -0.4 is 5.32 Å². The fourth-order valence-corrected chi connectivity index (χ4v) is 3.12. The molecule has 0 spiro atoms. The van der Waals surface area contributed by atoms with Crippen LogP contribution in [-0.4, -0.2) is 36.6 Å². The largest absolute Gasteiger partial charge is 0.375 e. The normalized spacial score (nSPS) is 17.4. The number of nitrogens with one attached hydrogen (secondary N) is 1. The summed E-state index contributed by atoms with van der Waals surface area (Å²) in [5, 5.41) is 11.8. The molecule has 0 saturated carbocycles. The Kier molecular flexibility index (Phi) is 6.37. The summed E-state index contributed by atoms with van der Waals surface area (Å²) in [5.74, 6) is -0.0288. The van der Waals surface area contributed by atoms with Gasteiger partial charge < -0.3 is 10.1 Å². The average Bonchev–Trinajstić information content (AvgIpc) is 2.68. The van der Waals surface area contributed by atoms with Crippen LogP contribution in [0.15, 0.2) is 54.6 Å². The first-order valence-electron chi connectivity index (χ1n) is 8.86. The molecule has 1 aliphatic heterocycles. The molecule has 1 saturated heterocycles. The van der Waals surface area contributed by atoms with Gasteiger partial charge in [-0.2, -0.15) is 5.26 Å². The Morgan fingerprint density at radius 1 is 1.19 bits per heavy atom. The Labute approximate surface area is 154 Å². The molecule has 1 amide bonds. The SMILES string of the molecule is N#Cc1cccc(CNC(=O)C[C@H]2CN(Cc3ccccc3)CCO2)c1. The van der Waals surface area contributed by atoms with E-state index in [0.717, 1.165) is 25.2 Å². The molecule has 1 heterocycles. The molecule has 0 radical (unpaired) electrons. The highest BCUT2D eigenvalue weighted by molar-refractivity contribution is 5.76. The van der Waals surface area contributed by atoms with Gasteiger partial charge in [-0.05, 0) is 23.3 Å². The summed E-state index contributed by atoms with van der Waals surface area (Å²) in [5.41, 5.74) is 2.80. The van der Waals surface area contributed by atoms with E-state index in [1.807, 2.05) is 30.3 Å². The zero-order chi connectivity index (χ0) is 18.2. The molecule has 1 fully saturated rings. The van der Waals surface area contributed by atoms with Gasteiger partial charge in [-0.3, -0.25) is 9.69 Å². The van der Waals surface area contributed by atoms with E-state index < -0.39 is 0 Å². The molecule has 5 heteroatoms. The lowest BCUT2D eigenvalue weighted by Crippen LogP contribution is -2.44. The second-order valence-electron chi connectivity index (χ2n) is 6.51. The molecule has 0 aromatic heterocycles. The zero-order valence-corrected chi connectivity index (χ0v) is 14.7. The van der Waals surface area contributed by atoms with E-state index in [1.54, 1.807) is 12.1 Å². The lowest BCUT2D eigenvalue weighted by Gasteiger charge is -2.32. The van der Waals surface area contributed by atoms with Crippen LogP contribution in [0.3, 0.4) is 0 Å². The predicted octanol–water partition coefficient (Wildman–Crippen LogP) is 2.47. The molecule has 5 nitrogen and oxygen atoms in total. The Morgan fingerprint density at radius 2 is 2.00 bits per heavy atom. The van der Waals surface area contributed by atoms with Crippen molar-refractivity contribution < 1.29 is 9.53 Å². The van der Waals surface area contributed by atoms with Gasteiger partial charge in [0.15, 0.2) is 0 Å². The van der Waals surface area contributed by atoms with Gasteiger partial charge in [-0.1, -0.05) is 42.5 Å². The van der Waals surface area contributed by atoms with Crippen LogP contribution in [0, 0.1) is 11.3 Å². The number of carbonyl (C=O) groups excluding carboxylic acids is 1. The Balaban J connectivity index is 1.45. The van der Waals surface area contributed by atoms with Crippen LogP contribution in [0.4, 0.5) is 0 Å². The van der Waals surface area contributed by atoms with Gasteiger partial charge in [0.1, 0.15) is 0 Å². The molecule has 2 aromatic rings. The third kappa shape index (κ3) is 5.41. The molecule has 134 valence electrons.